The monoisotopic (exact) mass is 304 g/mol. The van der Waals surface area contributed by atoms with Gasteiger partial charge >= 0.3 is 0 Å². The summed E-state index contributed by atoms with van der Waals surface area (Å²) in [6, 6.07) is 14.7. The number of carbonyl (C=O) groups excluding carboxylic acids is 1. The molecule has 0 aliphatic carbocycles. The molecule has 1 amide bonds. The van der Waals surface area contributed by atoms with E-state index in [1.54, 1.807) is 24.4 Å². The number of benzene rings is 2. The SMILES string of the molecule is NC(=O)c1cccc2nc(-c3ccc(-c4cc[nH]n4)cc3)oc12. The third-order valence-electron chi connectivity index (χ3n) is 3.61. The molecule has 0 saturated carbocycles. The number of aromatic amines is 1. The number of para-hydroxylation sites is 1. The quantitative estimate of drug-likeness (QED) is 0.608. The minimum absolute atomic E-state index is 0.328. The summed E-state index contributed by atoms with van der Waals surface area (Å²) in [6.07, 6.45) is 1.77. The van der Waals surface area contributed by atoms with Gasteiger partial charge in [-0.15, -0.1) is 0 Å². The molecule has 0 atom stereocenters. The van der Waals surface area contributed by atoms with Gasteiger partial charge in [-0.05, 0) is 30.3 Å². The molecular formula is C17H12N4O2. The topological polar surface area (TPSA) is 97.8 Å². The first-order chi connectivity index (χ1) is 11.2. The van der Waals surface area contributed by atoms with Gasteiger partial charge in [-0.3, -0.25) is 9.89 Å². The van der Waals surface area contributed by atoms with Crippen molar-refractivity contribution >= 4 is 17.0 Å². The molecule has 23 heavy (non-hydrogen) atoms. The predicted octanol–water partition coefficient (Wildman–Crippen LogP) is 2.98. The van der Waals surface area contributed by atoms with Crippen molar-refractivity contribution in [1.29, 1.82) is 0 Å². The van der Waals surface area contributed by atoms with E-state index in [1.807, 2.05) is 30.3 Å². The summed E-state index contributed by atoms with van der Waals surface area (Å²) in [7, 11) is 0. The van der Waals surface area contributed by atoms with Crippen LogP contribution in [0.2, 0.25) is 0 Å². The number of nitrogens with one attached hydrogen (secondary N) is 1. The average Bonchev–Trinajstić information content (AvgIpc) is 3.24. The maximum absolute atomic E-state index is 11.5. The molecule has 2 heterocycles. The van der Waals surface area contributed by atoms with Gasteiger partial charge < -0.3 is 10.2 Å². The molecular weight excluding hydrogens is 292 g/mol. The molecule has 0 aliphatic rings. The summed E-state index contributed by atoms with van der Waals surface area (Å²) in [6.45, 7) is 0. The standard InChI is InChI=1S/C17H12N4O2/c18-16(22)12-2-1-3-14-15(12)23-17(20-14)11-6-4-10(5-7-11)13-8-9-19-21-13/h1-9H,(H2,18,22)(H,19,21). The number of amides is 1. The lowest BCUT2D eigenvalue weighted by Crippen LogP contribution is -2.10. The Morgan fingerprint density at radius 1 is 1.04 bits per heavy atom. The van der Waals surface area contributed by atoms with Gasteiger partial charge in [0.15, 0.2) is 5.58 Å². The van der Waals surface area contributed by atoms with Crippen LogP contribution in [0.5, 0.6) is 0 Å². The lowest BCUT2D eigenvalue weighted by atomic mass is 10.1. The normalized spacial score (nSPS) is 11.0. The van der Waals surface area contributed by atoms with Crippen molar-refractivity contribution in [2.45, 2.75) is 0 Å². The van der Waals surface area contributed by atoms with Crippen LogP contribution in [0.4, 0.5) is 0 Å². The number of nitrogens with two attached hydrogens (primary N) is 1. The lowest BCUT2D eigenvalue weighted by Gasteiger charge is -1.98. The molecule has 6 heteroatoms. The number of H-pyrrole nitrogens is 1. The molecule has 4 rings (SSSR count). The summed E-state index contributed by atoms with van der Waals surface area (Å²) in [5, 5.41) is 6.92. The Balaban J connectivity index is 1.77. The molecule has 2 aromatic heterocycles. The first-order valence-corrected chi connectivity index (χ1v) is 7.02. The van der Waals surface area contributed by atoms with Crippen LogP contribution in [0.15, 0.2) is 59.1 Å². The number of hydrogen-bond acceptors (Lipinski definition) is 4. The zero-order valence-corrected chi connectivity index (χ0v) is 12.0. The van der Waals surface area contributed by atoms with Gasteiger partial charge in [0.1, 0.15) is 5.52 Å². The number of fused-ring (bicyclic) bond motifs is 1. The highest BCUT2D eigenvalue weighted by atomic mass is 16.3. The summed E-state index contributed by atoms with van der Waals surface area (Å²) in [5.74, 6) is -0.0885. The number of rotatable bonds is 3. The van der Waals surface area contributed by atoms with Crippen molar-refractivity contribution in [3.05, 3.63) is 60.3 Å². The minimum atomic E-state index is -0.535. The molecule has 0 spiro atoms. The number of oxazole rings is 1. The van der Waals surface area contributed by atoms with Crippen molar-refractivity contribution in [2.75, 3.05) is 0 Å². The summed E-state index contributed by atoms with van der Waals surface area (Å²) < 4.78 is 5.74. The van der Waals surface area contributed by atoms with Crippen molar-refractivity contribution in [2.24, 2.45) is 5.73 Å². The van der Waals surface area contributed by atoms with Crippen LogP contribution in [-0.4, -0.2) is 21.1 Å². The van der Waals surface area contributed by atoms with Gasteiger partial charge in [-0.1, -0.05) is 18.2 Å². The van der Waals surface area contributed by atoms with E-state index in [-0.39, 0.29) is 0 Å². The largest absolute Gasteiger partial charge is 0.435 e. The molecule has 0 aliphatic heterocycles. The Labute approximate surface area is 131 Å². The first-order valence-electron chi connectivity index (χ1n) is 7.02. The molecule has 0 saturated heterocycles. The van der Waals surface area contributed by atoms with E-state index in [0.29, 0.717) is 22.6 Å². The second-order valence-electron chi connectivity index (χ2n) is 5.07. The number of carbonyl (C=O) groups is 1. The van der Waals surface area contributed by atoms with Crippen molar-refractivity contribution in [1.82, 2.24) is 15.2 Å². The van der Waals surface area contributed by atoms with E-state index < -0.39 is 5.91 Å². The maximum atomic E-state index is 11.5. The highest BCUT2D eigenvalue weighted by Crippen LogP contribution is 2.28. The Morgan fingerprint density at radius 2 is 1.83 bits per heavy atom. The van der Waals surface area contributed by atoms with Gasteiger partial charge in [0.05, 0.1) is 11.3 Å². The van der Waals surface area contributed by atoms with E-state index >= 15 is 0 Å². The van der Waals surface area contributed by atoms with Crippen molar-refractivity contribution < 1.29 is 9.21 Å². The molecule has 3 N–H and O–H groups in total. The van der Waals surface area contributed by atoms with Crippen molar-refractivity contribution in [3.63, 3.8) is 0 Å². The molecule has 0 fully saturated rings. The first kappa shape index (κ1) is 13.3. The number of nitrogens with zero attached hydrogens (tertiary/aromatic N) is 2. The van der Waals surface area contributed by atoms with E-state index in [1.165, 1.54) is 0 Å². The fraction of sp³-hybridized carbons (Fsp3) is 0. The highest BCUT2D eigenvalue weighted by Gasteiger charge is 2.14. The summed E-state index contributed by atoms with van der Waals surface area (Å²) >= 11 is 0. The second kappa shape index (κ2) is 5.10. The molecule has 112 valence electrons. The van der Waals surface area contributed by atoms with E-state index in [9.17, 15) is 4.79 Å². The Kier molecular flexibility index (Phi) is 2.94. The Bertz CT molecular complexity index is 985. The molecule has 2 aromatic carbocycles. The summed E-state index contributed by atoms with van der Waals surface area (Å²) in [5.41, 5.74) is 9.38. The number of aromatic nitrogens is 3. The third-order valence-corrected chi connectivity index (χ3v) is 3.61. The van der Waals surface area contributed by atoms with Crippen LogP contribution < -0.4 is 5.73 Å². The predicted molar refractivity (Wildman–Crippen MR) is 85.5 cm³/mol. The fourth-order valence-electron chi connectivity index (χ4n) is 2.47. The van der Waals surface area contributed by atoms with Crippen LogP contribution in [0.1, 0.15) is 10.4 Å². The van der Waals surface area contributed by atoms with Gasteiger partial charge in [0.25, 0.3) is 5.91 Å². The zero-order chi connectivity index (χ0) is 15.8. The van der Waals surface area contributed by atoms with Crippen LogP contribution in [0.25, 0.3) is 33.8 Å². The van der Waals surface area contributed by atoms with Crippen LogP contribution in [-0.2, 0) is 0 Å². The maximum Gasteiger partial charge on any atom is 0.252 e. The molecule has 4 aromatic rings. The number of hydrogen-bond donors (Lipinski definition) is 2. The van der Waals surface area contributed by atoms with Gasteiger partial charge in [-0.2, -0.15) is 5.10 Å². The molecule has 0 bridgehead atoms. The molecule has 0 radical (unpaired) electrons. The lowest BCUT2D eigenvalue weighted by molar-refractivity contribution is 0.100. The van der Waals surface area contributed by atoms with E-state index in [0.717, 1.165) is 16.8 Å². The van der Waals surface area contributed by atoms with Gasteiger partial charge in [-0.25, -0.2) is 4.98 Å². The second-order valence-corrected chi connectivity index (χ2v) is 5.07. The van der Waals surface area contributed by atoms with E-state index in [2.05, 4.69) is 15.2 Å². The minimum Gasteiger partial charge on any atom is -0.435 e. The zero-order valence-electron chi connectivity index (χ0n) is 12.0. The van der Waals surface area contributed by atoms with Gasteiger partial charge in [0, 0.05) is 17.3 Å². The third kappa shape index (κ3) is 2.26. The van der Waals surface area contributed by atoms with Gasteiger partial charge in [0.2, 0.25) is 5.89 Å². The smallest absolute Gasteiger partial charge is 0.252 e. The Morgan fingerprint density at radius 3 is 2.52 bits per heavy atom. The number of primary amides is 1. The van der Waals surface area contributed by atoms with E-state index in [4.69, 9.17) is 10.2 Å². The summed E-state index contributed by atoms with van der Waals surface area (Å²) in [4.78, 5) is 15.9. The molecule has 6 nitrogen and oxygen atoms in total. The Hall–Kier alpha value is -3.41. The average molecular weight is 304 g/mol. The highest BCUT2D eigenvalue weighted by molar-refractivity contribution is 6.03. The van der Waals surface area contributed by atoms with Crippen LogP contribution >= 0.6 is 0 Å². The van der Waals surface area contributed by atoms with Crippen molar-refractivity contribution in [3.8, 4) is 22.7 Å². The fourth-order valence-corrected chi connectivity index (χ4v) is 2.47. The van der Waals surface area contributed by atoms with Crippen LogP contribution in [0, 0.1) is 0 Å². The molecule has 0 unspecified atom stereocenters. The van der Waals surface area contributed by atoms with Crippen LogP contribution in [0.3, 0.4) is 0 Å².